The van der Waals surface area contributed by atoms with Gasteiger partial charge >= 0.3 is 0 Å². The van der Waals surface area contributed by atoms with Gasteiger partial charge < -0.3 is 4.74 Å². The Morgan fingerprint density at radius 1 is 0.844 bits per heavy atom. The number of ketones is 1. The third-order valence-corrected chi connectivity index (χ3v) is 7.50. The van der Waals surface area contributed by atoms with Gasteiger partial charge in [0.2, 0.25) is 11.8 Å². The quantitative estimate of drug-likeness (QED) is 0.601. The van der Waals surface area contributed by atoms with Crippen LogP contribution in [-0.4, -0.2) is 24.7 Å². The zero-order valence-corrected chi connectivity index (χ0v) is 17.7. The van der Waals surface area contributed by atoms with Gasteiger partial charge in [0.25, 0.3) is 0 Å². The second-order valence-electron chi connectivity index (χ2n) is 8.70. The van der Waals surface area contributed by atoms with E-state index in [1.165, 1.54) is 12.0 Å². The Morgan fingerprint density at radius 2 is 1.41 bits per heavy atom. The largest absolute Gasteiger partial charge is 0.495 e. The summed E-state index contributed by atoms with van der Waals surface area (Å²) in [5.41, 5.74) is 2.86. The van der Waals surface area contributed by atoms with E-state index in [0.717, 1.165) is 22.3 Å². The summed E-state index contributed by atoms with van der Waals surface area (Å²) in [7, 11) is 1.52. The first-order valence-corrected chi connectivity index (χ1v) is 10.7. The van der Waals surface area contributed by atoms with Gasteiger partial charge in [0.05, 0.1) is 30.0 Å². The van der Waals surface area contributed by atoms with Crippen LogP contribution in [-0.2, 0) is 19.8 Å². The van der Waals surface area contributed by atoms with E-state index in [-0.39, 0.29) is 23.5 Å². The fourth-order valence-corrected chi connectivity index (χ4v) is 6.42. The molecule has 2 amide bonds. The fraction of sp³-hybridized carbons (Fsp3) is 0.222. The molecule has 0 radical (unpaired) electrons. The molecule has 0 spiro atoms. The van der Waals surface area contributed by atoms with Crippen molar-refractivity contribution in [2.24, 2.45) is 11.8 Å². The molecule has 1 fully saturated rings. The summed E-state index contributed by atoms with van der Waals surface area (Å²) >= 11 is 0. The first kappa shape index (κ1) is 19.0. The lowest BCUT2D eigenvalue weighted by Crippen LogP contribution is -2.57. The lowest BCUT2D eigenvalue weighted by atomic mass is 9.46. The predicted molar refractivity (Wildman–Crippen MR) is 119 cm³/mol. The number of hydrogen-bond acceptors (Lipinski definition) is 4. The molecule has 32 heavy (non-hydrogen) atoms. The third-order valence-electron chi connectivity index (χ3n) is 7.50. The second kappa shape index (κ2) is 6.39. The first-order chi connectivity index (χ1) is 15.5. The molecule has 2 atom stereocenters. The molecule has 1 heterocycles. The van der Waals surface area contributed by atoms with Crippen LogP contribution in [0, 0.1) is 11.8 Å². The number of imide groups is 1. The maximum atomic E-state index is 14.0. The molecule has 0 aromatic heterocycles. The van der Waals surface area contributed by atoms with Gasteiger partial charge in [-0.25, -0.2) is 4.90 Å². The summed E-state index contributed by atoms with van der Waals surface area (Å²) in [5, 5.41) is 0. The minimum atomic E-state index is -1.18. The summed E-state index contributed by atoms with van der Waals surface area (Å²) in [4.78, 5) is 42.8. The van der Waals surface area contributed by atoms with Crippen molar-refractivity contribution in [2.75, 3.05) is 12.0 Å². The normalized spacial score (nSPS) is 27.1. The molecule has 3 aromatic rings. The Morgan fingerprint density at radius 3 is 2.00 bits per heavy atom. The van der Waals surface area contributed by atoms with E-state index in [1.54, 1.807) is 31.2 Å². The van der Waals surface area contributed by atoms with E-state index in [9.17, 15) is 14.4 Å². The van der Waals surface area contributed by atoms with Gasteiger partial charge in [-0.15, -0.1) is 0 Å². The summed E-state index contributed by atoms with van der Waals surface area (Å²) in [6.45, 7) is 1.54. The van der Waals surface area contributed by atoms with Crippen molar-refractivity contribution in [1.82, 2.24) is 0 Å². The number of benzene rings is 3. The standard InChI is InChI=1S/C27H21NO4/c1-15(29)27-18-11-5-3-9-16(18)22(17-10-4-6-12-19(17)27)23-24(27)26(31)28(25(23)30)20-13-7-8-14-21(20)32-2/h3-14,22-24H,1-2H3/t22?,23-,24+,27?/m0/s1. The van der Waals surface area contributed by atoms with Crippen molar-refractivity contribution in [3.8, 4) is 5.75 Å². The Bertz CT molecular complexity index is 1280. The minimum Gasteiger partial charge on any atom is -0.495 e. The number of amides is 2. The van der Waals surface area contributed by atoms with Crippen molar-refractivity contribution in [3.05, 3.63) is 95.1 Å². The number of rotatable bonds is 3. The number of carbonyl (C=O) groups excluding carboxylic acids is 3. The predicted octanol–water partition coefficient (Wildman–Crippen LogP) is 3.84. The molecule has 158 valence electrons. The van der Waals surface area contributed by atoms with E-state index in [2.05, 4.69) is 0 Å². The summed E-state index contributed by atoms with van der Waals surface area (Å²) < 4.78 is 5.46. The van der Waals surface area contributed by atoms with Gasteiger partial charge in [-0.05, 0) is 41.3 Å². The molecular formula is C27H21NO4. The molecule has 2 bridgehead atoms. The fourth-order valence-electron chi connectivity index (χ4n) is 6.42. The number of ether oxygens (including phenoxy) is 1. The monoisotopic (exact) mass is 423 g/mol. The van der Waals surface area contributed by atoms with E-state index in [4.69, 9.17) is 4.74 Å². The van der Waals surface area contributed by atoms with E-state index in [1.807, 2.05) is 48.5 Å². The smallest absolute Gasteiger partial charge is 0.239 e. The Balaban J connectivity index is 1.67. The molecule has 0 saturated carbocycles. The topological polar surface area (TPSA) is 63.7 Å². The number of methoxy groups -OCH3 is 1. The average molecular weight is 423 g/mol. The zero-order valence-electron chi connectivity index (χ0n) is 17.7. The molecule has 1 aliphatic heterocycles. The molecular weight excluding hydrogens is 402 g/mol. The number of hydrogen-bond donors (Lipinski definition) is 0. The molecule has 4 aliphatic rings. The highest BCUT2D eigenvalue weighted by molar-refractivity contribution is 6.26. The molecule has 5 heteroatoms. The van der Waals surface area contributed by atoms with Gasteiger partial charge in [-0.1, -0.05) is 60.7 Å². The van der Waals surface area contributed by atoms with Gasteiger partial charge in [0.15, 0.2) is 0 Å². The second-order valence-corrected chi connectivity index (χ2v) is 8.70. The first-order valence-electron chi connectivity index (χ1n) is 10.7. The van der Waals surface area contributed by atoms with Crippen molar-refractivity contribution >= 4 is 23.3 Å². The third kappa shape index (κ3) is 2.01. The Labute approximate surface area is 185 Å². The van der Waals surface area contributed by atoms with Crippen LogP contribution in [0.3, 0.4) is 0 Å². The highest BCUT2D eigenvalue weighted by Crippen LogP contribution is 2.64. The zero-order chi connectivity index (χ0) is 22.2. The van der Waals surface area contributed by atoms with Crippen LogP contribution >= 0.6 is 0 Å². The van der Waals surface area contributed by atoms with Crippen LogP contribution < -0.4 is 9.64 Å². The summed E-state index contributed by atoms with van der Waals surface area (Å²) in [5.74, 6) is -1.98. The maximum absolute atomic E-state index is 14.0. The van der Waals surface area contributed by atoms with E-state index in [0.29, 0.717) is 11.4 Å². The molecule has 0 N–H and O–H groups in total. The number of nitrogens with zero attached hydrogens (tertiary/aromatic N) is 1. The highest BCUT2D eigenvalue weighted by Gasteiger charge is 2.70. The van der Waals surface area contributed by atoms with Crippen molar-refractivity contribution in [3.63, 3.8) is 0 Å². The Hall–Kier alpha value is -3.73. The van der Waals surface area contributed by atoms with E-state index < -0.39 is 17.3 Å². The highest BCUT2D eigenvalue weighted by atomic mass is 16.5. The number of anilines is 1. The lowest BCUT2D eigenvalue weighted by Gasteiger charge is -2.52. The van der Waals surface area contributed by atoms with Crippen LogP contribution in [0.2, 0.25) is 0 Å². The van der Waals surface area contributed by atoms with Crippen LogP contribution in [0.15, 0.2) is 72.8 Å². The molecule has 3 aliphatic carbocycles. The molecule has 0 unspecified atom stereocenters. The van der Waals surface area contributed by atoms with Crippen LogP contribution in [0.25, 0.3) is 0 Å². The van der Waals surface area contributed by atoms with Crippen molar-refractivity contribution in [1.29, 1.82) is 0 Å². The number of Topliss-reactive ketones (excluding diaryl/α,β-unsaturated/α-hetero) is 1. The number of para-hydroxylation sites is 2. The molecule has 3 aromatic carbocycles. The molecule has 5 nitrogen and oxygen atoms in total. The van der Waals surface area contributed by atoms with Crippen molar-refractivity contribution in [2.45, 2.75) is 18.3 Å². The summed E-state index contributed by atoms with van der Waals surface area (Å²) in [6.07, 6.45) is 0. The van der Waals surface area contributed by atoms with Crippen LogP contribution in [0.4, 0.5) is 5.69 Å². The minimum absolute atomic E-state index is 0.117. The molecule has 1 saturated heterocycles. The SMILES string of the molecule is COc1ccccc1N1C(=O)[C@H]2C3c4ccccc4C(C(C)=O)(c4ccccc43)[C@H]2C1=O. The van der Waals surface area contributed by atoms with Crippen molar-refractivity contribution < 1.29 is 19.1 Å². The van der Waals surface area contributed by atoms with Gasteiger partial charge in [0.1, 0.15) is 11.5 Å². The molecule has 7 rings (SSSR count). The average Bonchev–Trinajstić information content (AvgIpc) is 3.09. The summed E-state index contributed by atoms with van der Waals surface area (Å²) in [6, 6.07) is 22.6. The van der Waals surface area contributed by atoms with Crippen LogP contribution in [0.1, 0.15) is 35.1 Å². The van der Waals surface area contributed by atoms with Gasteiger partial charge in [-0.2, -0.15) is 0 Å². The maximum Gasteiger partial charge on any atom is 0.239 e. The lowest BCUT2D eigenvalue weighted by molar-refractivity contribution is -0.132. The van der Waals surface area contributed by atoms with Gasteiger partial charge in [0, 0.05) is 5.92 Å². The van der Waals surface area contributed by atoms with E-state index >= 15 is 0 Å². The van der Waals surface area contributed by atoms with Crippen LogP contribution in [0.5, 0.6) is 5.75 Å². The van der Waals surface area contributed by atoms with Gasteiger partial charge in [-0.3, -0.25) is 14.4 Å². The number of carbonyl (C=O) groups is 3. The Kier molecular flexibility index (Phi) is 3.79.